The Kier molecular flexibility index (Phi) is 6.34. The van der Waals surface area contributed by atoms with Gasteiger partial charge in [0.15, 0.2) is 0 Å². The fourth-order valence-corrected chi connectivity index (χ4v) is 4.52. The van der Waals surface area contributed by atoms with Gasteiger partial charge >= 0.3 is 11.8 Å². The average Bonchev–Trinajstić information content (AvgIpc) is 3.22. The maximum Gasteiger partial charge on any atom is 0.313 e. The van der Waals surface area contributed by atoms with Crippen LogP contribution in [0.1, 0.15) is 17.7 Å². The van der Waals surface area contributed by atoms with Crippen molar-refractivity contribution in [2.45, 2.75) is 23.2 Å². The maximum atomic E-state index is 12.3. The van der Waals surface area contributed by atoms with Crippen molar-refractivity contribution in [2.75, 3.05) is 31.3 Å². The van der Waals surface area contributed by atoms with Crippen LogP contribution in [-0.2, 0) is 19.7 Å². The molecule has 2 amide bonds. The van der Waals surface area contributed by atoms with Crippen LogP contribution in [0.15, 0.2) is 46.7 Å². The Morgan fingerprint density at radius 1 is 1.19 bits per heavy atom. The lowest BCUT2D eigenvalue weighted by Gasteiger charge is -2.36. The number of carbonyl (C=O) groups excluding carboxylic acids is 2. The van der Waals surface area contributed by atoms with Crippen LogP contribution in [0.4, 0.5) is 5.69 Å². The third-order valence-corrected chi connectivity index (χ3v) is 6.46. The first-order chi connectivity index (χ1) is 12.6. The molecule has 1 aromatic heterocycles. The third-order valence-electron chi connectivity index (χ3n) is 4.61. The fraction of sp³-hybridized carbons (Fsp3) is 0.368. The number of ether oxygens (including phenoxy) is 1. The van der Waals surface area contributed by atoms with Crippen molar-refractivity contribution in [2.24, 2.45) is 0 Å². The van der Waals surface area contributed by atoms with E-state index in [0.717, 1.165) is 17.7 Å². The van der Waals surface area contributed by atoms with Gasteiger partial charge < -0.3 is 15.4 Å². The Labute approximate surface area is 161 Å². The van der Waals surface area contributed by atoms with E-state index in [9.17, 15) is 9.59 Å². The molecule has 1 aromatic carbocycles. The number of benzene rings is 1. The topological polar surface area (TPSA) is 67.4 Å². The van der Waals surface area contributed by atoms with Gasteiger partial charge in [0.25, 0.3) is 0 Å². The molecule has 0 radical (unpaired) electrons. The number of carbonyl (C=O) groups is 2. The Bertz CT molecular complexity index is 756. The molecule has 2 heterocycles. The predicted molar refractivity (Wildman–Crippen MR) is 106 cm³/mol. The van der Waals surface area contributed by atoms with Crippen LogP contribution in [0, 0.1) is 0 Å². The van der Waals surface area contributed by atoms with Crippen molar-refractivity contribution in [3.05, 3.63) is 46.7 Å². The van der Waals surface area contributed by atoms with Gasteiger partial charge in [0, 0.05) is 40.6 Å². The molecule has 2 aromatic rings. The first-order valence-electron chi connectivity index (χ1n) is 8.48. The predicted octanol–water partition coefficient (Wildman–Crippen LogP) is 3.27. The van der Waals surface area contributed by atoms with E-state index >= 15 is 0 Å². The van der Waals surface area contributed by atoms with Crippen molar-refractivity contribution in [1.82, 2.24) is 5.32 Å². The molecule has 0 aliphatic carbocycles. The summed E-state index contributed by atoms with van der Waals surface area (Å²) in [6.07, 6.45) is 3.64. The smallest absolute Gasteiger partial charge is 0.313 e. The monoisotopic (exact) mass is 390 g/mol. The minimum Gasteiger partial charge on any atom is -0.381 e. The van der Waals surface area contributed by atoms with Crippen LogP contribution in [0.25, 0.3) is 0 Å². The second-order valence-electron chi connectivity index (χ2n) is 6.24. The van der Waals surface area contributed by atoms with Crippen LogP contribution >= 0.6 is 23.1 Å². The van der Waals surface area contributed by atoms with E-state index in [1.807, 2.05) is 35.9 Å². The summed E-state index contributed by atoms with van der Waals surface area (Å²) in [5, 5.41) is 7.53. The number of anilines is 1. The summed E-state index contributed by atoms with van der Waals surface area (Å²) in [4.78, 5) is 26.8. The second-order valence-corrected chi connectivity index (χ2v) is 8.07. The number of nitrogens with one attached hydrogen (secondary N) is 2. The van der Waals surface area contributed by atoms with Gasteiger partial charge in [-0.3, -0.25) is 9.59 Å². The minimum atomic E-state index is -0.642. The van der Waals surface area contributed by atoms with E-state index in [2.05, 4.69) is 16.7 Å². The largest absolute Gasteiger partial charge is 0.381 e. The van der Waals surface area contributed by atoms with Crippen molar-refractivity contribution in [3.63, 3.8) is 0 Å². The minimum absolute atomic E-state index is 0.152. The maximum absolute atomic E-state index is 12.3. The zero-order valence-electron chi connectivity index (χ0n) is 14.6. The quantitative estimate of drug-likeness (QED) is 0.607. The van der Waals surface area contributed by atoms with E-state index in [1.54, 1.807) is 29.2 Å². The molecule has 5 nitrogen and oxygen atoms in total. The molecule has 26 heavy (non-hydrogen) atoms. The molecule has 0 saturated carbocycles. The summed E-state index contributed by atoms with van der Waals surface area (Å²) < 4.78 is 5.49. The van der Waals surface area contributed by atoms with E-state index in [0.29, 0.717) is 25.4 Å². The Balaban J connectivity index is 1.62. The number of amides is 2. The molecule has 1 aliphatic rings. The van der Waals surface area contributed by atoms with Gasteiger partial charge in [0.05, 0.1) is 0 Å². The van der Waals surface area contributed by atoms with Gasteiger partial charge in [-0.1, -0.05) is 12.1 Å². The normalized spacial score (nSPS) is 16.0. The van der Waals surface area contributed by atoms with Gasteiger partial charge in [0.2, 0.25) is 0 Å². The van der Waals surface area contributed by atoms with Crippen molar-refractivity contribution in [3.8, 4) is 0 Å². The molecular formula is C19H22N2O3S2. The fourth-order valence-electron chi connectivity index (χ4n) is 3.07. The molecule has 0 unspecified atom stereocenters. The Hall–Kier alpha value is -1.83. The number of thiophene rings is 1. The van der Waals surface area contributed by atoms with Gasteiger partial charge in [-0.05, 0) is 48.7 Å². The zero-order chi connectivity index (χ0) is 18.4. The molecule has 0 spiro atoms. The Morgan fingerprint density at radius 2 is 2.00 bits per heavy atom. The lowest BCUT2D eigenvalue weighted by molar-refractivity contribution is -0.136. The van der Waals surface area contributed by atoms with Crippen LogP contribution in [0.2, 0.25) is 0 Å². The van der Waals surface area contributed by atoms with Crippen LogP contribution in [0.5, 0.6) is 0 Å². The summed E-state index contributed by atoms with van der Waals surface area (Å²) in [5.74, 6) is -1.25. The number of thioether (sulfide) groups is 1. The first kappa shape index (κ1) is 18.9. The highest BCUT2D eigenvalue weighted by atomic mass is 32.2. The molecule has 3 rings (SSSR count). The van der Waals surface area contributed by atoms with Crippen molar-refractivity contribution < 1.29 is 14.3 Å². The molecular weight excluding hydrogens is 368 g/mol. The summed E-state index contributed by atoms with van der Waals surface area (Å²) in [6, 6.07) is 11.5. The van der Waals surface area contributed by atoms with Crippen molar-refractivity contribution in [1.29, 1.82) is 0 Å². The van der Waals surface area contributed by atoms with Gasteiger partial charge in [0.1, 0.15) is 0 Å². The highest BCUT2D eigenvalue weighted by Gasteiger charge is 2.36. The molecule has 1 fully saturated rings. The number of rotatable bonds is 5. The molecule has 7 heteroatoms. The average molecular weight is 391 g/mol. The van der Waals surface area contributed by atoms with E-state index < -0.39 is 11.8 Å². The molecule has 0 bridgehead atoms. The summed E-state index contributed by atoms with van der Waals surface area (Å²) in [7, 11) is 0. The lowest BCUT2D eigenvalue weighted by atomic mass is 9.78. The van der Waals surface area contributed by atoms with Crippen LogP contribution in [0.3, 0.4) is 0 Å². The lowest BCUT2D eigenvalue weighted by Crippen LogP contribution is -2.46. The highest BCUT2D eigenvalue weighted by molar-refractivity contribution is 7.98. The first-order valence-corrected chi connectivity index (χ1v) is 10.6. The third kappa shape index (κ3) is 4.47. The zero-order valence-corrected chi connectivity index (χ0v) is 16.3. The summed E-state index contributed by atoms with van der Waals surface area (Å²) >= 11 is 3.27. The van der Waals surface area contributed by atoms with Crippen LogP contribution < -0.4 is 10.6 Å². The summed E-state index contributed by atoms with van der Waals surface area (Å²) in [5.41, 5.74) is 0.470. The van der Waals surface area contributed by atoms with Gasteiger partial charge in [-0.2, -0.15) is 0 Å². The number of hydrogen-bond acceptors (Lipinski definition) is 5. The second kappa shape index (κ2) is 8.70. The van der Waals surface area contributed by atoms with E-state index in [1.165, 1.54) is 4.88 Å². The SMILES string of the molecule is CSc1cccc(NC(=O)C(=O)NCC2(c3cccs3)CCOCC2)c1. The standard InChI is InChI=1S/C19H22N2O3S2/c1-25-15-5-2-4-14(12-15)21-18(23)17(22)20-13-19(7-9-24-10-8-19)16-6-3-11-26-16/h2-6,11-12H,7-10,13H2,1H3,(H,20,22)(H,21,23). The van der Waals surface area contributed by atoms with Crippen LogP contribution in [-0.4, -0.2) is 37.8 Å². The van der Waals surface area contributed by atoms with E-state index in [-0.39, 0.29) is 5.41 Å². The van der Waals surface area contributed by atoms with E-state index in [4.69, 9.17) is 4.74 Å². The molecule has 0 atom stereocenters. The molecule has 2 N–H and O–H groups in total. The summed E-state index contributed by atoms with van der Waals surface area (Å²) in [6.45, 7) is 1.77. The van der Waals surface area contributed by atoms with Crippen molar-refractivity contribution >= 4 is 40.6 Å². The van der Waals surface area contributed by atoms with Gasteiger partial charge in [-0.15, -0.1) is 23.1 Å². The molecule has 1 aliphatic heterocycles. The molecule has 1 saturated heterocycles. The molecule has 138 valence electrons. The highest BCUT2D eigenvalue weighted by Crippen LogP contribution is 2.36. The van der Waals surface area contributed by atoms with Gasteiger partial charge in [-0.25, -0.2) is 0 Å². The number of hydrogen-bond donors (Lipinski definition) is 2. The Morgan fingerprint density at radius 3 is 2.69 bits per heavy atom.